The zero-order valence-corrected chi connectivity index (χ0v) is 15.3. The van der Waals surface area contributed by atoms with Gasteiger partial charge in [0.25, 0.3) is 5.91 Å². The number of aliphatic hydroxyl groups is 3. The SMILES string of the molecule is O=C(c1cccc(C(F)(F)F)c1)N1CCC(CN2C[C@@H](O)C(O)[C@@H](O)C2)CC1. The van der Waals surface area contributed by atoms with Crippen molar-refractivity contribution in [2.75, 3.05) is 32.7 Å². The van der Waals surface area contributed by atoms with Crippen LogP contribution in [-0.4, -0.2) is 82.1 Å². The standard InChI is InChI=1S/C19H25F3N2O4/c20-19(21,22)14-3-1-2-13(8-14)18(28)24-6-4-12(5-7-24)9-23-10-15(25)17(27)16(26)11-23/h1-3,8,12,15-17,25-27H,4-7,9-11H2/t15-,16+,17?. The van der Waals surface area contributed by atoms with Crippen molar-refractivity contribution in [3.05, 3.63) is 35.4 Å². The lowest BCUT2D eigenvalue weighted by Gasteiger charge is -2.40. The van der Waals surface area contributed by atoms with E-state index in [4.69, 9.17) is 0 Å². The number of nitrogens with zero attached hydrogens (tertiary/aromatic N) is 2. The number of alkyl halides is 3. The van der Waals surface area contributed by atoms with Crippen LogP contribution in [0.25, 0.3) is 0 Å². The molecular weight excluding hydrogens is 377 g/mol. The molecule has 3 N–H and O–H groups in total. The van der Waals surface area contributed by atoms with Crippen LogP contribution in [0.3, 0.4) is 0 Å². The lowest BCUT2D eigenvalue weighted by Crippen LogP contribution is -2.56. The largest absolute Gasteiger partial charge is 0.416 e. The monoisotopic (exact) mass is 402 g/mol. The van der Waals surface area contributed by atoms with Crippen LogP contribution in [0.5, 0.6) is 0 Å². The summed E-state index contributed by atoms with van der Waals surface area (Å²) < 4.78 is 38.5. The van der Waals surface area contributed by atoms with Gasteiger partial charge in [0.1, 0.15) is 6.10 Å². The molecule has 2 aliphatic heterocycles. The van der Waals surface area contributed by atoms with E-state index in [2.05, 4.69) is 0 Å². The third kappa shape index (κ3) is 4.83. The van der Waals surface area contributed by atoms with Crippen molar-refractivity contribution >= 4 is 5.91 Å². The van der Waals surface area contributed by atoms with Gasteiger partial charge in [0.05, 0.1) is 17.8 Å². The molecule has 6 nitrogen and oxygen atoms in total. The molecule has 2 heterocycles. The predicted octanol–water partition coefficient (Wildman–Crippen LogP) is 0.956. The summed E-state index contributed by atoms with van der Waals surface area (Å²) in [6.07, 6.45) is -6.23. The van der Waals surface area contributed by atoms with Crippen molar-refractivity contribution in [3.63, 3.8) is 0 Å². The molecule has 1 amide bonds. The zero-order valence-electron chi connectivity index (χ0n) is 15.3. The first-order valence-electron chi connectivity index (χ1n) is 9.38. The molecule has 2 saturated heterocycles. The molecule has 1 unspecified atom stereocenters. The first-order valence-corrected chi connectivity index (χ1v) is 9.38. The Kier molecular flexibility index (Phi) is 6.28. The Balaban J connectivity index is 1.53. The maximum absolute atomic E-state index is 12.8. The lowest BCUT2D eigenvalue weighted by molar-refractivity contribution is -0.137. The second-order valence-electron chi connectivity index (χ2n) is 7.66. The molecule has 0 aliphatic carbocycles. The minimum absolute atomic E-state index is 0.0320. The summed E-state index contributed by atoms with van der Waals surface area (Å²) in [7, 11) is 0. The van der Waals surface area contributed by atoms with Crippen LogP contribution in [0.2, 0.25) is 0 Å². The van der Waals surface area contributed by atoms with Gasteiger partial charge in [-0.25, -0.2) is 0 Å². The molecule has 3 rings (SSSR count). The van der Waals surface area contributed by atoms with E-state index in [1.807, 2.05) is 4.90 Å². The van der Waals surface area contributed by atoms with Gasteiger partial charge in [0, 0.05) is 38.3 Å². The number of hydrogen-bond donors (Lipinski definition) is 3. The summed E-state index contributed by atoms with van der Waals surface area (Å²) >= 11 is 0. The van der Waals surface area contributed by atoms with Gasteiger partial charge < -0.3 is 20.2 Å². The number of amides is 1. The topological polar surface area (TPSA) is 84.2 Å². The summed E-state index contributed by atoms with van der Waals surface area (Å²) in [5.41, 5.74) is -0.804. The fraction of sp³-hybridized carbons (Fsp3) is 0.632. The highest BCUT2D eigenvalue weighted by Gasteiger charge is 2.35. The van der Waals surface area contributed by atoms with Crippen LogP contribution in [0, 0.1) is 5.92 Å². The Morgan fingerprint density at radius 1 is 1.07 bits per heavy atom. The molecule has 156 valence electrons. The van der Waals surface area contributed by atoms with Gasteiger partial charge in [-0.1, -0.05) is 6.07 Å². The first-order chi connectivity index (χ1) is 13.1. The highest BCUT2D eigenvalue weighted by molar-refractivity contribution is 5.94. The number of likely N-dealkylation sites (tertiary alicyclic amines) is 2. The molecule has 9 heteroatoms. The van der Waals surface area contributed by atoms with Crippen LogP contribution < -0.4 is 0 Å². The van der Waals surface area contributed by atoms with Crippen molar-refractivity contribution in [2.45, 2.75) is 37.3 Å². The van der Waals surface area contributed by atoms with E-state index in [1.165, 1.54) is 12.1 Å². The van der Waals surface area contributed by atoms with Crippen molar-refractivity contribution in [1.29, 1.82) is 0 Å². The molecule has 2 fully saturated rings. The van der Waals surface area contributed by atoms with E-state index in [9.17, 15) is 33.3 Å². The second-order valence-corrected chi connectivity index (χ2v) is 7.66. The number of carbonyl (C=O) groups excluding carboxylic acids is 1. The Bertz CT molecular complexity index is 680. The number of hydrogen-bond acceptors (Lipinski definition) is 5. The summed E-state index contributed by atoms with van der Waals surface area (Å²) in [5, 5.41) is 29.2. The van der Waals surface area contributed by atoms with Crippen molar-refractivity contribution in [2.24, 2.45) is 5.92 Å². The maximum Gasteiger partial charge on any atom is 0.416 e. The number of carbonyl (C=O) groups is 1. The first kappa shape index (κ1) is 21.0. The van der Waals surface area contributed by atoms with Crippen LogP contribution in [-0.2, 0) is 6.18 Å². The number of benzene rings is 1. The normalized spacial score (nSPS) is 27.8. The molecular formula is C19H25F3N2O4. The van der Waals surface area contributed by atoms with Gasteiger partial charge in [-0.15, -0.1) is 0 Å². The summed E-state index contributed by atoms with van der Waals surface area (Å²) in [5.74, 6) is -0.156. The van der Waals surface area contributed by atoms with Crippen molar-refractivity contribution in [1.82, 2.24) is 9.80 Å². The van der Waals surface area contributed by atoms with Crippen molar-refractivity contribution < 1.29 is 33.3 Å². The Morgan fingerprint density at radius 2 is 1.68 bits per heavy atom. The van der Waals surface area contributed by atoms with Gasteiger partial charge in [-0.2, -0.15) is 13.2 Å². The molecule has 3 atom stereocenters. The summed E-state index contributed by atoms with van der Waals surface area (Å²) in [4.78, 5) is 16.0. The molecule has 0 aromatic heterocycles. The number of aliphatic hydroxyl groups excluding tert-OH is 3. The molecule has 0 saturated carbocycles. The minimum atomic E-state index is -4.49. The molecule has 1 aromatic rings. The Labute approximate surface area is 161 Å². The fourth-order valence-electron chi connectivity index (χ4n) is 3.92. The van der Waals surface area contributed by atoms with E-state index in [0.717, 1.165) is 12.1 Å². The number of piperidine rings is 2. The molecule has 2 aliphatic rings. The minimum Gasteiger partial charge on any atom is -0.389 e. The van der Waals surface area contributed by atoms with Crippen LogP contribution >= 0.6 is 0 Å². The predicted molar refractivity (Wildman–Crippen MR) is 94.5 cm³/mol. The van der Waals surface area contributed by atoms with Gasteiger partial charge >= 0.3 is 6.18 Å². The van der Waals surface area contributed by atoms with Crippen LogP contribution in [0.4, 0.5) is 13.2 Å². The second kappa shape index (κ2) is 8.36. The molecule has 0 bridgehead atoms. The van der Waals surface area contributed by atoms with E-state index in [0.29, 0.717) is 32.5 Å². The average molecular weight is 402 g/mol. The van der Waals surface area contributed by atoms with Gasteiger partial charge in [-0.05, 0) is 37.0 Å². The van der Waals surface area contributed by atoms with Gasteiger partial charge in [0.15, 0.2) is 0 Å². The quantitative estimate of drug-likeness (QED) is 0.701. The van der Waals surface area contributed by atoms with E-state index in [-0.39, 0.29) is 24.6 Å². The lowest BCUT2D eigenvalue weighted by atomic mass is 9.93. The van der Waals surface area contributed by atoms with Gasteiger partial charge in [-0.3, -0.25) is 9.69 Å². The molecule has 1 aromatic carbocycles. The Hall–Kier alpha value is -1.68. The third-order valence-corrected chi connectivity index (χ3v) is 5.53. The average Bonchev–Trinajstić information content (AvgIpc) is 2.65. The molecule has 28 heavy (non-hydrogen) atoms. The van der Waals surface area contributed by atoms with Gasteiger partial charge in [0.2, 0.25) is 0 Å². The van der Waals surface area contributed by atoms with Crippen LogP contribution in [0.15, 0.2) is 24.3 Å². The summed E-state index contributed by atoms with van der Waals surface area (Å²) in [6.45, 7) is 2.08. The molecule has 0 spiro atoms. The van der Waals surface area contributed by atoms with E-state index >= 15 is 0 Å². The number of halogens is 3. The number of β-amino-alcohol motifs (C(OH)–C–C–N with tert-alkyl or cyclic N) is 2. The highest BCUT2D eigenvalue weighted by atomic mass is 19.4. The molecule has 0 radical (unpaired) electrons. The summed E-state index contributed by atoms with van der Waals surface area (Å²) in [6, 6.07) is 4.47. The van der Waals surface area contributed by atoms with Crippen LogP contribution in [0.1, 0.15) is 28.8 Å². The Morgan fingerprint density at radius 3 is 2.25 bits per heavy atom. The number of rotatable bonds is 3. The van der Waals surface area contributed by atoms with E-state index in [1.54, 1.807) is 4.90 Å². The van der Waals surface area contributed by atoms with Crippen molar-refractivity contribution in [3.8, 4) is 0 Å². The fourth-order valence-corrected chi connectivity index (χ4v) is 3.92. The smallest absolute Gasteiger partial charge is 0.389 e. The zero-order chi connectivity index (χ0) is 20.5. The third-order valence-electron chi connectivity index (χ3n) is 5.53. The van der Waals surface area contributed by atoms with E-state index < -0.39 is 36.0 Å². The maximum atomic E-state index is 12.8. The highest BCUT2D eigenvalue weighted by Crippen LogP contribution is 2.30.